The molecule has 2 amide bonds. The number of carbonyl (C=O) groups excluding carboxylic acids is 3. The second-order valence-corrected chi connectivity index (χ2v) is 20.2. The maximum Gasteiger partial charge on any atom is 0.326 e. The number of carboxylic acids is 1. The number of hydrogen-bond acceptors (Lipinski definition) is 11. The van der Waals surface area contributed by atoms with Crippen LogP contribution < -0.4 is 14.6 Å². The molecule has 0 radical (unpaired) electrons. The number of aliphatic hydroxyl groups excluding tert-OH is 1. The number of piperidine rings is 1. The van der Waals surface area contributed by atoms with Gasteiger partial charge in [-0.3, -0.25) is 23.8 Å². The van der Waals surface area contributed by atoms with Crippen LogP contribution in [-0.4, -0.2) is 169 Å². The first kappa shape index (κ1) is 49.0. The van der Waals surface area contributed by atoms with Crippen LogP contribution in [0.1, 0.15) is 62.4 Å². The number of rotatable bonds is 14. The van der Waals surface area contributed by atoms with Crippen LogP contribution in [0.15, 0.2) is 54.9 Å². The molecular formula is C47H58F3N9O8S. The number of benzene rings is 2. The van der Waals surface area contributed by atoms with Crippen molar-refractivity contribution in [2.45, 2.75) is 70.8 Å². The summed E-state index contributed by atoms with van der Waals surface area (Å²) in [5, 5.41) is 24.1. The first-order valence-electron chi connectivity index (χ1n) is 23.0. The van der Waals surface area contributed by atoms with Crippen LogP contribution in [0.2, 0.25) is 0 Å². The summed E-state index contributed by atoms with van der Waals surface area (Å²) in [5.41, 5.74) is 0.671. The number of fused-ring (bicyclic) bond motifs is 1. The largest absolute Gasteiger partial charge is 0.480 e. The van der Waals surface area contributed by atoms with Crippen molar-refractivity contribution in [3.63, 3.8) is 0 Å². The van der Waals surface area contributed by atoms with Crippen LogP contribution in [0.3, 0.4) is 0 Å². The SMILES string of the molecule is CC(C)(C)[C@H](NC(=O)CN1CCN(CC2CCN(c3ccc(-c4cnc5[nH]cc(C(=O)c6c(F)ccc(N(N7CC[C@@H](F)C7)S(=O)O)c6F)c5c4)cc3)CC2)CC1)C(=O)N1C[C@H](O)C[C@H]1C(=O)O. The number of aromatic nitrogens is 2. The zero-order chi connectivity index (χ0) is 48.6. The maximum atomic E-state index is 16.0. The third-order valence-corrected chi connectivity index (χ3v) is 14.3. The van der Waals surface area contributed by atoms with Crippen LogP contribution in [0.4, 0.5) is 24.5 Å². The minimum absolute atomic E-state index is 0.0271. The number of nitrogens with one attached hydrogen (secondary N) is 2. The fraction of sp³-hybridized carbons (Fsp3) is 0.511. The number of carboxylic acid groups (broad SMARTS) is 1. The van der Waals surface area contributed by atoms with Crippen molar-refractivity contribution in [2.24, 2.45) is 11.3 Å². The Kier molecular flexibility index (Phi) is 14.6. The highest BCUT2D eigenvalue weighted by Crippen LogP contribution is 2.34. The molecule has 1 unspecified atom stereocenters. The Morgan fingerprint density at radius 3 is 2.26 bits per heavy atom. The molecule has 4 aromatic rings. The van der Waals surface area contributed by atoms with E-state index in [0.717, 1.165) is 74.0 Å². The highest BCUT2D eigenvalue weighted by atomic mass is 32.2. The normalized spacial score (nSPS) is 22.1. The number of hydrogen-bond donors (Lipinski definition) is 5. The molecular weight excluding hydrogens is 908 g/mol. The van der Waals surface area contributed by atoms with E-state index in [0.29, 0.717) is 40.0 Å². The molecule has 21 heteroatoms. The van der Waals surface area contributed by atoms with E-state index in [4.69, 9.17) is 0 Å². The molecule has 366 valence electrons. The summed E-state index contributed by atoms with van der Waals surface area (Å²) in [6, 6.07) is 9.40. The van der Waals surface area contributed by atoms with Crippen LogP contribution in [0, 0.1) is 23.0 Å². The van der Waals surface area contributed by atoms with E-state index < -0.39 is 81.6 Å². The average Bonchev–Trinajstić information content (AvgIpc) is 4.04. The number of β-amino-alcohol motifs (C(OH)–C–C–N with tert-alkyl or cyclic N) is 1. The van der Waals surface area contributed by atoms with Gasteiger partial charge in [0.2, 0.25) is 17.6 Å². The number of carbonyl (C=O) groups is 4. The van der Waals surface area contributed by atoms with Gasteiger partial charge in [0.05, 0.1) is 24.8 Å². The van der Waals surface area contributed by atoms with Crippen molar-refractivity contribution in [3.05, 3.63) is 77.6 Å². The van der Waals surface area contributed by atoms with Crippen molar-refractivity contribution >= 4 is 57.2 Å². The van der Waals surface area contributed by atoms with E-state index >= 15 is 8.78 Å². The van der Waals surface area contributed by atoms with Crippen molar-refractivity contribution in [3.8, 4) is 11.1 Å². The topological polar surface area (TPSA) is 206 Å². The number of piperazine rings is 1. The monoisotopic (exact) mass is 965 g/mol. The number of H-pyrrole nitrogens is 1. The third-order valence-electron chi connectivity index (χ3n) is 13.6. The minimum Gasteiger partial charge on any atom is -0.480 e. The molecule has 17 nitrogen and oxygen atoms in total. The molecule has 5 atom stereocenters. The number of alkyl halides is 1. The number of halogens is 3. The van der Waals surface area contributed by atoms with Gasteiger partial charge in [0.15, 0.2) is 5.82 Å². The van der Waals surface area contributed by atoms with E-state index in [2.05, 4.69) is 30.0 Å². The smallest absolute Gasteiger partial charge is 0.326 e. The number of hydrazine groups is 1. The molecule has 5 N–H and O–H groups in total. The Hall–Kier alpha value is -5.45. The second kappa shape index (κ2) is 20.3. The summed E-state index contributed by atoms with van der Waals surface area (Å²) < 4.78 is 68.2. The molecule has 0 saturated carbocycles. The summed E-state index contributed by atoms with van der Waals surface area (Å²) in [6.07, 6.45) is 2.75. The van der Waals surface area contributed by atoms with Gasteiger partial charge < -0.3 is 35.2 Å². The third kappa shape index (κ3) is 10.6. The molecule has 4 fully saturated rings. The lowest BCUT2D eigenvalue weighted by atomic mass is 9.85. The number of anilines is 2. The Labute approximate surface area is 394 Å². The Morgan fingerprint density at radius 1 is 0.941 bits per heavy atom. The van der Waals surface area contributed by atoms with E-state index in [-0.39, 0.29) is 50.5 Å². The zero-order valence-corrected chi connectivity index (χ0v) is 39.1. The highest BCUT2D eigenvalue weighted by molar-refractivity contribution is 7.80. The number of aliphatic carboxylic acids is 1. The van der Waals surface area contributed by atoms with E-state index in [1.54, 1.807) is 12.3 Å². The number of aliphatic hydroxyl groups is 1. The summed E-state index contributed by atoms with van der Waals surface area (Å²) >= 11 is -2.83. The van der Waals surface area contributed by atoms with E-state index in [9.17, 15) is 42.5 Å². The number of ketones is 1. The predicted molar refractivity (Wildman–Crippen MR) is 249 cm³/mol. The Bertz CT molecular complexity index is 2550. The van der Waals surface area contributed by atoms with Crippen molar-refractivity contribution < 1.29 is 51.3 Å². The first-order valence-corrected chi connectivity index (χ1v) is 24.0. The minimum atomic E-state index is -2.83. The van der Waals surface area contributed by atoms with Crippen LogP contribution in [0.5, 0.6) is 0 Å². The number of aromatic amines is 1. The van der Waals surface area contributed by atoms with Crippen LogP contribution >= 0.6 is 0 Å². The molecule has 8 rings (SSSR count). The van der Waals surface area contributed by atoms with Crippen molar-refractivity contribution in [1.82, 2.24) is 35.0 Å². The maximum absolute atomic E-state index is 16.0. The molecule has 4 aliphatic rings. The lowest BCUT2D eigenvalue weighted by Gasteiger charge is -2.39. The first-order chi connectivity index (χ1) is 32.4. The van der Waals surface area contributed by atoms with Gasteiger partial charge in [0.1, 0.15) is 35.4 Å². The molecule has 6 heterocycles. The molecule has 68 heavy (non-hydrogen) atoms. The lowest BCUT2D eigenvalue weighted by molar-refractivity contribution is -0.150. The van der Waals surface area contributed by atoms with Gasteiger partial charge in [-0.2, -0.15) is 4.41 Å². The quantitative estimate of drug-likeness (QED) is 0.0895. The fourth-order valence-electron chi connectivity index (χ4n) is 9.83. The summed E-state index contributed by atoms with van der Waals surface area (Å²) in [7, 11) is 0. The van der Waals surface area contributed by atoms with E-state index in [1.807, 2.05) is 45.0 Å². The standard InChI is InChI=1S/C47H58F3N9O8S/c1-47(2,3)43(45(63)58-26-33(60)21-38(58)46(64)65)53-39(61)27-55-18-16-54(17-19-55)24-28-10-13-56(14-11-28)32-6-4-29(5-7-32)30-20-34-35(23-52-44(34)51-22-30)42(62)40-36(49)8-9-37(41(40)50)59(68(66)67)57-15-12-31(48)25-57/h4-9,20,22-23,28,31,33,38,43,60H,10-19,21,24-27H2,1-3H3,(H,51,52)(H,53,61)(H,64,65)(H,66,67)/t31-,33-,38+,43-/m1/s1. The highest BCUT2D eigenvalue weighted by Gasteiger charge is 2.45. The molecule has 4 saturated heterocycles. The summed E-state index contributed by atoms with van der Waals surface area (Å²) in [6.45, 7) is 10.9. The molecule has 0 bridgehead atoms. The van der Waals surface area contributed by atoms with Gasteiger partial charge in [-0.1, -0.05) is 32.9 Å². The number of pyridine rings is 1. The van der Waals surface area contributed by atoms with Gasteiger partial charge in [0.25, 0.3) is 11.3 Å². The van der Waals surface area contributed by atoms with Gasteiger partial charge >= 0.3 is 5.97 Å². The summed E-state index contributed by atoms with van der Waals surface area (Å²) in [4.78, 5) is 67.8. The Balaban J connectivity index is 0.832. The average molecular weight is 966 g/mol. The molecule has 4 aliphatic heterocycles. The Morgan fingerprint density at radius 2 is 1.63 bits per heavy atom. The van der Waals surface area contributed by atoms with Gasteiger partial charge in [-0.05, 0) is 66.5 Å². The van der Waals surface area contributed by atoms with Crippen LogP contribution in [0.25, 0.3) is 22.2 Å². The molecule has 2 aromatic heterocycles. The van der Waals surface area contributed by atoms with Gasteiger partial charge in [-0.15, -0.1) is 0 Å². The van der Waals surface area contributed by atoms with Gasteiger partial charge in [-0.25, -0.2) is 32.2 Å². The lowest BCUT2D eigenvalue weighted by Crippen LogP contribution is -2.58. The van der Waals surface area contributed by atoms with E-state index in [1.165, 1.54) is 11.1 Å². The van der Waals surface area contributed by atoms with Gasteiger partial charge in [0, 0.05) is 99.9 Å². The second-order valence-electron chi connectivity index (χ2n) is 19.4. The summed E-state index contributed by atoms with van der Waals surface area (Å²) in [5.74, 6) is -5.00. The molecule has 0 spiro atoms. The fourth-order valence-corrected chi connectivity index (χ4v) is 10.5. The van der Waals surface area contributed by atoms with Crippen molar-refractivity contribution in [2.75, 3.05) is 81.3 Å². The number of amides is 2. The number of likely N-dealkylation sites (tertiary alicyclic amines) is 1. The van der Waals surface area contributed by atoms with Crippen LogP contribution in [-0.2, 0) is 25.7 Å². The zero-order valence-electron chi connectivity index (χ0n) is 38.2. The van der Waals surface area contributed by atoms with Crippen molar-refractivity contribution in [1.29, 1.82) is 0 Å². The molecule has 0 aliphatic carbocycles. The predicted octanol–water partition coefficient (Wildman–Crippen LogP) is 4.05. The number of nitrogens with zero attached hydrogens (tertiary/aromatic N) is 7. The molecule has 2 aromatic carbocycles.